The van der Waals surface area contributed by atoms with Crippen molar-refractivity contribution >= 4 is 11.6 Å². The third kappa shape index (κ3) is 2.45. The van der Waals surface area contributed by atoms with Crippen LogP contribution in [0.3, 0.4) is 0 Å². The molecule has 0 heterocycles. The number of alkyl halides is 1. The molecule has 0 aliphatic carbocycles. The highest BCUT2D eigenvalue weighted by atomic mass is 35.5. The van der Waals surface area contributed by atoms with Crippen LogP contribution in [0.4, 0.5) is 0 Å². The molecule has 0 fully saturated rings. The van der Waals surface area contributed by atoms with E-state index in [-0.39, 0.29) is 5.38 Å². The fourth-order valence-corrected chi connectivity index (χ4v) is 1.83. The third-order valence-electron chi connectivity index (χ3n) is 2.75. The molecule has 0 nitrogen and oxygen atoms in total. The van der Waals surface area contributed by atoms with Crippen LogP contribution in [0.2, 0.25) is 0 Å². The molecule has 2 rings (SSSR count). The number of aryl methyl sites for hydroxylation is 1. The molecule has 0 N–H and O–H groups in total. The summed E-state index contributed by atoms with van der Waals surface area (Å²) in [5.41, 5.74) is 4.94. The molecule has 2 aromatic carbocycles. The second-order valence-electron chi connectivity index (χ2n) is 4.10. The van der Waals surface area contributed by atoms with Gasteiger partial charge in [-0.1, -0.05) is 54.1 Å². The van der Waals surface area contributed by atoms with Gasteiger partial charge in [0.1, 0.15) is 0 Å². The predicted octanol–water partition coefficient (Wildman–Crippen LogP) is 4.96. The van der Waals surface area contributed by atoms with Gasteiger partial charge in [0.2, 0.25) is 0 Å². The fourth-order valence-electron chi connectivity index (χ4n) is 1.69. The average Bonchev–Trinajstić information content (AvgIpc) is 2.30. The molecule has 0 radical (unpaired) electrons. The van der Waals surface area contributed by atoms with Crippen molar-refractivity contribution in [3.8, 4) is 11.1 Å². The Hall–Kier alpha value is -1.27. The van der Waals surface area contributed by atoms with Crippen LogP contribution >= 0.6 is 11.6 Å². The Morgan fingerprint density at radius 1 is 0.812 bits per heavy atom. The lowest BCUT2D eigenvalue weighted by atomic mass is 10.0. The zero-order valence-corrected chi connectivity index (χ0v) is 10.3. The quantitative estimate of drug-likeness (QED) is 0.640. The summed E-state index contributed by atoms with van der Waals surface area (Å²) >= 11 is 6.02. The van der Waals surface area contributed by atoms with Crippen molar-refractivity contribution in [2.75, 3.05) is 0 Å². The summed E-state index contributed by atoms with van der Waals surface area (Å²) in [6.45, 7) is 4.09. The second kappa shape index (κ2) is 4.71. The van der Waals surface area contributed by atoms with E-state index in [1.165, 1.54) is 16.7 Å². The van der Waals surface area contributed by atoms with E-state index in [0.29, 0.717) is 0 Å². The Morgan fingerprint density at radius 2 is 1.25 bits per heavy atom. The van der Waals surface area contributed by atoms with Crippen molar-refractivity contribution in [2.45, 2.75) is 19.2 Å². The first-order valence-corrected chi connectivity index (χ1v) is 5.91. The largest absolute Gasteiger partial charge is 0.118 e. The van der Waals surface area contributed by atoms with Crippen molar-refractivity contribution in [3.05, 3.63) is 59.7 Å². The molecule has 1 unspecified atom stereocenters. The van der Waals surface area contributed by atoms with E-state index < -0.39 is 0 Å². The standard InChI is InChI=1S/C15H15Cl/c1-11-3-5-14(6-4-11)15-9-7-13(8-10-15)12(2)16/h3-10,12H,1-2H3. The molecular weight excluding hydrogens is 216 g/mol. The third-order valence-corrected chi connectivity index (χ3v) is 3.01. The Kier molecular flexibility index (Phi) is 3.31. The van der Waals surface area contributed by atoms with Crippen LogP contribution in [0.15, 0.2) is 48.5 Å². The monoisotopic (exact) mass is 230 g/mol. The lowest BCUT2D eigenvalue weighted by molar-refractivity contribution is 1.08. The van der Waals surface area contributed by atoms with Crippen LogP contribution < -0.4 is 0 Å². The number of rotatable bonds is 2. The Morgan fingerprint density at radius 3 is 1.69 bits per heavy atom. The smallest absolute Gasteiger partial charge is 0.0557 e. The van der Waals surface area contributed by atoms with Crippen molar-refractivity contribution in [3.63, 3.8) is 0 Å². The fraction of sp³-hybridized carbons (Fsp3) is 0.200. The van der Waals surface area contributed by atoms with Crippen LogP contribution in [-0.4, -0.2) is 0 Å². The summed E-state index contributed by atoms with van der Waals surface area (Å²) in [4.78, 5) is 0. The molecule has 0 spiro atoms. The lowest BCUT2D eigenvalue weighted by Gasteiger charge is -2.06. The molecule has 16 heavy (non-hydrogen) atoms. The van der Waals surface area contributed by atoms with E-state index in [4.69, 9.17) is 11.6 Å². The summed E-state index contributed by atoms with van der Waals surface area (Å²) < 4.78 is 0. The van der Waals surface area contributed by atoms with Crippen LogP contribution in [-0.2, 0) is 0 Å². The van der Waals surface area contributed by atoms with Gasteiger partial charge in [-0.3, -0.25) is 0 Å². The van der Waals surface area contributed by atoms with Gasteiger partial charge in [-0.05, 0) is 30.5 Å². The van der Waals surface area contributed by atoms with Gasteiger partial charge < -0.3 is 0 Å². The number of benzene rings is 2. The van der Waals surface area contributed by atoms with Crippen molar-refractivity contribution in [1.82, 2.24) is 0 Å². The van der Waals surface area contributed by atoms with E-state index in [1.54, 1.807) is 0 Å². The number of hydrogen-bond donors (Lipinski definition) is 0. The van der Waals surface area contributed by atoms with Gasteiger partial charge in [0.15, 0.2) is 0 Å². The normalized spacial score (nSPS) is 12.4. The number of hydrogen-bond acceptors (Lipinski definition) is 0. The molecule has 0 aromatic heterocycles. The van der Waals surface area contributed by atoms with Gasteiger partial charge in [0.25, 0.3) is 0 Å². The highest BCUT2D eigenvalue weighted by molar-refractivity contribution is 6.20. The van der Waals surface area contributed by atoms with Crippen LogP contribution in [0.25, 0.3) is 11.1 Å². The van der Waals surface area contributed by atoms with Gasteiger partial charge >= 0.3 is 0 Å². The summed E-state index contributed by atoms with van der Waals surface area (Å²) in [6, 6.07) is 17.0. The second-order valence-corrected chi connectivity index (χ2v) is 4.76. The van der Waals surface area contributed by atoms with Crippen molar-refractivity contribution in [2.24, 2.45) is 0 Å². The highest BCUT2D eigenvalue weighted by Crippen LogP contribution is 2.24. The SMILES string of the molecule is Cc1ccc(-c2ccc(C(C)Cl)cc2)cc1. The molecule has 0 aliphatic rings. The first-order chi connectivity index (χ1) is 7.66. The molecule has 0 saturated heterocycles. The van der Waals surface area contributed by atoms with E-state index in [2.05, 4.69) is 55.5 Å². The molecule has 0 saturated carbocycles. The minimum absolute atomic E-state index is 0.0760. The minimum Gasteiger partial charge on any atom is -0.118 e. The van der Waals surface area contributed by atoms with E-state index in [1.807, 2.05) is 6.92 Å². The topological polar surface area (TPSA) is 0 Å². The zero-order valence-electron chi connectivity index (χ0n) is 9.57. The van der Waals surface area contributed by atoms with Crippen molar-refractivity contribution < 1.29 is 0 Å². The molecule has 2 aromatic rings. The first kappa shape index (κ1) is 11.2. The minimum atomic E-state index is 0.0760. The maximum absolute atomic E-state index is 6.02. The zero-order chi connectivity index (χ0) is 11.5. The Balaban J connectivity index is 2.31. The molecule has 0 aliphatic heterocycles. The lowest BCUT2D eigenvalue weighted by Crippen LogP contribution is -1.84. The molecule has 0 amide bonds. The predicted molar refractivity (Wildman–Crippen MR) is 70.9 cm³/mol. The number of halogens is 1. The summed E-state index contributed by atoms with van der Waals surface area (Å²) in [7, 11) is 0. The van der Waals surface area contributed by atoms with Gasteiger partial charge in [-0.15, -0.1) is 11.6 Å². The maximum Gasteiger partial charge on any atom is 0.0557 e. The van der Waals surface area contributed by atoms with E-state index in [0.717, 1.165) is 5.56 Å². The highest BCUT2D eigenvalue weighted by Gasteiger charge is 2.01. The van der Waals surface area contributed by atoms with Gasteiger partial charge in [-0.2, -0.15) is 0 Å². The van der Waals surface area contributed by atoms with Gasteiger partial charge in [0.05, 0.1) is 5.38 Å². The summed E-state index contributed by atoms with van der Waals surface area (Å²) in [5, 5.41) is 0.0760. The van der Waals surface area contributed by atoms with Crippen molar-refractivity contribution in [1.29, 1.82) is 0 Å². The first-order valence-electron chi connectivity index (χ1n) is 5.48. The Labute approximate surface area is 102 Å². The molecular formula is C15H15Cl. The van der Waals surface area contributed by atoms with Crippen LogP contribution in [0, 0.1) is 6.92 Å². The average molecular weight is 231 g/mol. The molecule has 82 valence electrons. The van der Waals surface area contributed by atoms with E-state index in [9.17, 15) is 0 Å². The van der Waals surface area contributed by atoms with E-state index >= 15 is 0 Å². The summed E-state index contributed by atoms with van der Waals surface area (Å²) in [6.07, 6.45) is 0. The molecule has 1 heteroatoms. The van der Waals surface area contributed by atoms with Crippen LogP contribution in [0.1, 0.15) is 23.4 Å². The Bertz CT molecular complexity index is 452. The van der Waals surface area contributed by atoms with Gasteiger partial charge in [0, 0.05) is 0 Å². The van der Waals surface area contributed by atoms with Gasteiger partial charge in [-0.25, -0.2) is 0 Å². The molecule has 0 bridgehead atoms. The summed E-state index contributed by atoms with van der Waals surface area (Å²) in [5.74, 6) is 0. The maximum atomic E-state index is 6.02. The van der Waals surface area contributed by atoms with Crippen LogP contribution in [0.5, 0.6) is 0 Å². The molecule has 1 atom stereocenters.